The van der Waals surface area contributed by atoms with Gasteiger partial charge in [-0.1, -0.05) is 32.0 Å². The first kappa shape index (κ1) is 21.8. The Morgan fingerprint density at radius 2 is 2.00 bits per heavy atom. The van der Waals surface area contributed by atoms with E-state index in [1.807, 2.05) is 17.5 Å². The third-order valence-corrected chi connectivity index (χ3v) is 6.38. The predicted molar refractivity (Wildman–Crippen MR) is 120 cm³/mol. The molecule has 2 aromatic rings. The number of para-hydroxylation sites is 1. The van der Waals surface area contributed by atoms with E-state index in [0.29, 0.717) is 18.3 Å². The second kappa shape index (κ2) is 10.8. The van der Waals surface area contributed by atoms with E-state index in [1.165, 1.54) is 5.56 Å². The zero-order chi connectivity index (χ0) is 20.6. The minimum atomic E-state index is 0.272. The van der Waals surface area contributed by atoms with Crippen LogP contribution in [0.1, 0.15) is 37.8 Å². The van der Waals surface area contributed by atoms with Gasteiger partial charge in [-0.25, -0.2) is 0 Å². The van der Waals surface area contributed by atoms with Gasteiger partial charge in [-0.2, -0.15) is 11.3 Å². The van der Waals surface area contributed by atoms with Crippen LogP contribution in [0.5, 0.6) is 5.75 Å². The van der Waals surface area contributed by atoms with E-state index in [-0.39, 0.29) is 5.91 Å². The fraction of sp³-hybridized carbons (Fsp3) is 0.542. The normalized spacial score (nSPS) is 15.6. The highest BCUT2D eigenvalue weighted by molar-refractivity contribution is 7.08. The van der Waals surface area contributed by atoms with Crippen molar-refractivity contribution in [3.63, 3.8) is 0 Å². The number of hydrogen-bond acceptors (Lipinski definition) is 4. The van der Waals surface area contributed by atoms with Gasteiger partial charge in [-0.15, -0.1) is 0 Å². The highest BCUT2D eigenvalue weighted by atomic mass is 32.1. The van der Waals surface area contributed by atoms with Crippen LogP contribution in [0.15, 0.2) is 41.1 Å². The molecule has 3 rings (SSSR count). The SMILES string of the molecule is COc1ccccc1CN1CCC(CN(CC(C)C)C(=O)Cc2ccsc2)CC1. The summed E-state index contributed by atoms with van der Waals surface area (Å²) in [6, 6.07) is 10.3. The van der Waals surface area contributed by atoms with Gasteiger partial charge in [0.05, 0.1) is 13.5 Å². The van der Waals surface area contributed by atoms with Gasteiger partial charge in [0.2, 0.25) is 5.91 Å². The zero-order valence-corrected chi connectivity index (χ0v) is 18.8. The van der Waals surface area contributed by atoms with Crippen LogP contribution in [-0.4, -0.2) is 49.0 Å². The maximum Gasteiger partial charge on any atom is 0.227 e. The average molecular weight is 415 g/mol. The van der Waals surface area contributed by atoms with Crippen molar-refractivity contribution >= 4 is 17.2 Å². The molecule has 0 radical (unpaired) electrons. The van der Waals surface area contributed by atoms with Crippen molar-refractivity contribution in [2.45, 2.75) is 39.7 Å². The molecule has 2 heterocycles. The Labute approximate surface area is 179 Å². The van der Waals surface area contributed by atoms with Crippen LogP contribution >= 0.6 is 11.3 Å². The lowest BCUT2D eigenvalue weighted by Crippen LogP contribution is -2.42. The van der Waals surface area contributed by atoms with Crippen molar-refractivity contribution in [2.75, 3.05) is 33.3 Å². The van der Waals surface area contributed by atoms with E-state index in [1.54, 1.807) is 18.4 Å². The minimum Gasteiger partial charge on any atom is -0.496 e. The van der Waals surface area contributed by atoms with Gasteiger partial charge in [-0.3, -0.25) is 9.69 Å². The van der Waals surface area contributed by atoms with Crippen molar-refractivity contribution in [3.05, 3.63) is 52.2 Å². The number of likely N-dealkylation sites (tertiary alicyclic amines) is 1. The van der Waals surface area contributed by atoms with Crippen LogP contribution in [-0.2, 0) is 17.8 Å². The van der Waals surface area contributed by atoms with E-state index < -0.39 is 0 Å². The average Bonchev–Trinajstić information content (AvgIpc) is 3.22. The molecule has 1 saturated heterocycles. The first-order valence-corrected chi connectivity index (χ1v) is 11.6. The lowest BCUT2D eigenvalue weighted by molar-refractivity contribution is -0.131. The first-order valence-electron chi connectivity index (χ1n) is 10.7. The van der Waals surface area contributed by atoms with E-state index in [9.17, 15) is 4.79 Å². The van der Waals surface area contributed by atoms with E-state index in [4.69, 9.17) is 4.74 Å². The summed E-state index contributed by atoms with van der Waals surface area (Å²) in [6.07, 6.45) is 2.83. The van der Waals surface area contributed by atoms with Gasteiger partial charge < -0.3 is 9.64 Å². The molecule has 0 aliphatic carbocycles. The molecule has 0 unspecified atom stereocenters. The molecule has 1 amide bonds. The summed E-state index contributed by atoms with van der Waals surface area (Å²) < 4.78 is 5.50. The van der Waals surface area contributed by atoms with Crippen LogP contribution in [0.3, 0.4) is 0 Å². The number of thiophene rings is 1. The third-order valence-electron chi connectivity index (χ3n) is 5.65. The highest BCUT2D eigenvalue weighted by Gasteiger charge is 2.24. The summed E-state index contributed by atoms with van der Waals surface area (Å²) in [4.78, 5) is 17.5. The van der Waals surface area contributed by atoms with Gasteiger partial charge in [-0.05, 0) is 66.2 Å². The van der Waals surface area contributed by atoms with Crippen molar-refractivity contribution in [2.24, 2.45) is 11.8 Å². The molecule has 158 valence electrons. The zero-order valence-electron chi connectivity index (χ0n) is 18.0. The molecular formula is C24H34N2O2S. The highest BCUT2D eigenvalue weighted by Crippen LogP contribution is 2.24. The first-order chi connectivity index (χ1) is 14.0. The predicted octanol–water partition coefficient (Wildman–Crippen LogP) is 4.70. The van der Waals surface area contributed by atoms with Gasteiger partial charge in [0.1, 0.15) is 5.75 Å². The number of amides is 1. The number of hydrogen-bond donors (Lipinski definition) is 0. The number of rotatable bonds is 9. The fourth-order valence-electron chi connectivity index (χ4n) is 4.11. The molecule has 1 aromatic carbocycles. The number of nitrogens with zero attached hydrogens (tertiary/aromatic N) is 2. The molecule has 0 spiro atoms. The monoisotopic (exact) mass is 414 g/mol. The number of ether oxygens (including phenoxy) is 1. The Morgan fingerprint density at radius 1 is 1.24 bits per heavy atom. The lowest BCUT2D eigenvalue weighted by atomic mass is 9.95. The summed E-state index contributed by atoms with van der Waals surface area (Å²) in [5.74, 6) is 2.33. The number of piperidine rings is 1. The van der Waals surface area contributed by atoms with Crippen molar-refractivity contribution < 1.29 is 9.53 Å². The van der Waals surface area contributed by atoms with Crippen molar-refractivity contribution in [3.8, 4) is 5.75 Å². The van der Waals surface area contributed by atoms with Crippen LogP contribution in [0.25, 0.3) is 0 Å². The van der Waals surface area contributed by atoms with Gasteiger partial charge in [0.15, 0.2) is 0 Å². The van der Waals surface area contributed by atoms with Crippen molar-refractivity contribution in [1.29, 1.82) is 0 Å². The van der Waals surface area contributed by atoms with Crippen LogP contribution in [0, 0.1) is 11.8 Å². The molecule has 0 N–H and O–H groups in total. The summed E-state index contributed by atoms with van der Waals surface area (Å²) in [5.41, 5.74) is 2.39. The summed E-state index contributed by atoms with van der Waals surface area (Å²) >= 11 is 1.66. The molecule has 0 atom stereocenters. The Balaban J connectivity index is 1.52. The maximum atomic E-state index is 12.9. The van der Waals surface area contributed by atoms with Crippen LogP contribution in [0.2, 0.25) is 0 Å². The maximum absolute atomic E-state index is 12.9. The minimum absolute atomic E-state index is 0.272. The number of carbonyl (C=O) groups is 1. The Hall–Kier alpha value is -1.85. The summed E-state index contributed by atoms with van der Waals surface area (Å²) in [6.45, 7) is 9.23. The van der Waals surface area contributed by atoms with E-state index >= 15 is 0 Å². The Morgan fingerprint density at radius 3 is 2.66 bits per heavy atom. The Bertz CT molecular complexity index is 752. The molecule has 29 heavy (non-hydrogen) atoms. The summed E-state index contributed by atoms with van der Waals surface area (Å²) in [7, 11) is 1.74. The lowest BCUT2D eigenvalue weighted by Gasteiger charge is -2.35. The number of benzene rings is 1. The smallest absolute Gasteiger partial charge is 0.227 e. The molecule has 4 nitrogen and oxygen atoms in total. The van der Waals surface area contributed by atoms with Gasteiger partial charge >= 0.3 is 0 Å². The molecule has 0 bridgehead atoms. The van der Waals surface area contributed by atoms with Crippen LogP contribution < -0.4 is 4.74 Å². The largest absolute Gasteiger partial charge is 0.496 e. The van der Waals surface area contributed by atoms with Crippen LogP contribution in [0.4, 0.5) is 0 Å². The standard InChI is InChI=1S/C24H34N2O2S/c1-19(2)15-26(24(27)14-21-10-13-29-18-21)16-20-8-11-25(12-9-20)17-22-6-4-5-7-23(22)28-3/h4-7,10,13,18-20H,8-9,11-12,14-17H2,1-3H3. The Kier molecular flexibility index (Phi) is 8.13. The second-order valence-electron chi connectivity index (χ2n) is 8.53. The fourth-order valence-corrected chi connectivity index (χ4v) is 4.78. The molecular weight excluding hydrogens is 380 g/mol. The third kappa shape index (κ3) is 6.58. The quantitative estimate of drug-likeness (QED) is 0.596. The molecule has 1 aromatic heterocycles. The summed E-state index contributed by atoms with van der Waals surface area (Å²) in [5, 5.41) is 4.13. The second-order valence-corrected chi connectivity index (χ2v) is 9.31. The van der Waals surface area contributed by atoms with Gasteiger partial charge in [0.25, 0.3) is 0 Å². The van der Waals surface area contributed by atoms with Gasteiger partial charge in [0, 0.05) is 25.2 Å². The molecule has 1 aliphatic heterocycles. The van der Waals surface area contributed by atoms with E-state index in [2.05, 4.69) is 47.2 Å². The molecule has 0 saturated carbocycles. The molecule has 1 fully saturated rings. The number of carbonyl (C=O) groups excluding carboxylic acids is 1. The number of methoxy groups -OCH3 is 1. The van der Waals surface area contributed by atoms with Crippen molar-refractivity contribution in [1.82, 2.24) is 9.80 Å². The molecule has 5 heteroatoms. The molecule has 1 aliphatic rings. The topological polar surface area (TPSA) is 32.8 Å². The van der Waals surface area contributed by atoms with E-state index in [0.717, 1.165) is 56.9 Å².